The SMILES string of the molecule is C=C(C)/C=C\C(=C)OCCCO.CC. The third-order valence-corrected chi connectivity index (χ3v) is 1.14. The fourth-order valence-corrected chi connectivity index (χ4v) is 0.551. The van der Waals surface area contributed by atoms with E-state index in [4.69, 9.17) is 9.84 Å². The molecule has 0 aromatic heterocycles. The predicted molar refractivity (Wildman–Crippen MR) is 62.1 cm³/mol. The molecule has 0 unspecified atom stereocenters. The number of hydrogen-bond acceptors (Lipinski definition) is 2. The van der Waals surface area contributed by atoms with E-state index in [1.54, 1.807) is 6.08 Å². The van der Waals surface area contributed by atoms with E-state index in [2.05, 4.69) is 13.2 Å². The largest absolute Gasteiger partial charge is 0.494 e. The van der Waals surface area contributed by atoms with Crippen molar-refractivity contribution in [2.45, 2.75) is 27.2 Å². The Bertz CT molecular complexity index is 181. The molecule has 0 bridgehead atoms. The highest BCUT2D eigenvalue weighted by Gasteiger charge is 1.88. The van der Waals surface area contributed by atoms with Crippen LogP contribution >= 0.6 is 0 Å². The van der Waals surface area contributed by atoms with Gasteiger partial charge in [0.1, 0.15) is 5.76 Å². The maximum atomic E-state index is 8.46. The fraction of sp³-hybridized carbons (Fsp3) is 0.500. The number of aliphatic hydroxyl groups excluding tert-OH is 1. The Hall–Kier alpha value is -1.02. The van der Waals surface area contributed by atoms with Crippen molar-refractivity contribution in [3.05, 3.63) is 36.6 Å². The van der Waals surface area contributed by atoms with Crippen molar-refractivity contribution in [2.75, 3.05) is 13.2 Å². The van der Waals surface area contributed by atoms with Crippen LogP contribution in [0.3, 0.4) is 0 Å². The molecule has 0 radical (unpaired) electrons. The quantitative estimate of drug-likeness (QED) is 0.404. The summed E-state index contributed by atoms with van der Waals surface area (Å²) < 4.78 is 5.15. The Morgan fingerprint density at radius 3 is 2.29 bits per heavy atom. The second-order valence-corrected chi connectivity index (χ2v) is 2.57. The number of ether oxygens (including phenoxy) is 1. The summed E-state index contributed by atoms with van der Waals surface area (Å²) in [6, 6.07) is 0. The standard InChI is InChI=1S/C10H16O2.C2H6/c1-9(2)5-6-10(3)12-8-4-7-11;1-2/h5-6,11H,1,3-4,7-8H2,2H3;1-2H3/b6-5-;. The molecule has 0 saturated heterocycles. The van der Waals surface area contributed by atoms with Gasteiger partial charge in [-0.3, -0.25) is 0 Å². The average molecular weight is 198 g/mol. The Kier molecular flexibility index (Phi) is 13.2. The van der Waals surface area contributed by atoms with E-state index in [0.717, 1.165) is 5.57 Å². The van der Waals surface area contributed by atoms with E-state index in [9.17, 15) is 0 Å². The second-order valence-electron chi connectivity index (χ2n) is 2.57. The zero-order valence-electron chi connectivity index (χ0n) is 9.55. The van der Waals surface area contributed by atoms with Gasteiger partial charge in [0, 0.05) is 13.0 Å². The summed E-state index contributed by atoms with van der Waals surface area (Å²) in [5, 5.41) is 8.46. The third kappa shape index (κ3) is 13.6. The summed E-state index contributed by atoms with van der Waals surface area (Å²) >= 11 is 0. The number of aliphatic hydroxyl groups is 1. The summed E-state index contributed by atoms with van der Waals surface area (Å²) in [6.45, 7) is 13.9. The molecule has 2 heteroatoms. The van der Waals surface area contributed by atoms with Crippen LogP contribution in [0.5, 0.6) is 0 Å². The van der Waals surface area contributed by atoms with Crippen LogP contribution in [0.15, 0.2) is 36.6 Å². The molecular formula is C12H22O2. The third-order valence-electron chi connectivity index (χ3n) is 1.14. The molecule has 82 valence electrons. The van der Waals surface area contributed by atoms with Crippen LogP contribution in [0.2, 0.25) is 0 Å². The molecule has 0 heterocycles. The summed E-state index contributed by atoms with van der Waals surface area (Å²) in [5.41, 5.74) is 0.960. The molecule has 0 atom stereocenters. The highest BCUT2D eigenvalue weighted by molar-refractivity contribution is 5.19. The lowest BCUT2D eigenvalue weighted by atomic mass is 10.3. The molecule has 0 fully saturated rings. The van der Waals surface area contributed by atoms with Crippen molar-refractivity contribution >= 4 is 0 Å². The van der Waals surface area contributed by atoms with Gasteiger partial charge in [-0.1, -0.05) is 38.7 Å². The predicted octanol–water partition coefficient (Wildman–Crippen LogP) is 3.06. The molecule has 0 amide bonds. The molecule has 0 spiro atoms. The molecule has 0 aromatic carbocycles. The van der Waals surface area contributed by atoms with Crippen LogP contribution in [-0.4, -0.2) is 18.3 Å². The van der Waals surface area contributed by atoms with Crippen LogP contribution < -0.4 is 0 Å². The summed E-state index contributed by atoms with van der Waals surface area (Å²) in [6.07, 6.45) is 4.24. The Morgan fingerprint density at radius 2 is 1.86 bits per heavy atom. The molecule has 14 heavy (non-hydrogen) atoms. The Labute approximate surface area is 87.6 Å². The molecule has 2 nitrogen and oxygen atoms in total. The zero-order valence-corrected chi connectivity index (χ0v) is 9.55. The van der Waals surface area contributed by atoms with Crippen molar-refractivity contribution in [3.63, 3.8) is 0 Å². The maximum Gasteiger partial charge on any atom is 0.112 e. The summed E-state index contributed by atoms with van der Waals surface area (Å²) in [4.78, 5) is 0. The number of hydrogen-bond donors (Lipinski definition) is 1. The second kappa shape index (κ2) is 12.0. The molecule has 0 rings (SSSR count). The molecular weight excluding hydrogens is 176 g/mol. The molecule has 0 aliphatic rings. The van der Waals surface area contributed by atoms with Crippen LogP contribution in [0.1, 0.15) is 27.2 Å². The molecule has 0 aromatic rings. The summed E-state index contributed by atoms with van der Waals surface area (Å²) in [7, 11) is 0. The van der Waals surface area contributed by atoms with Gasteiger partial charge in [-0.2, -0.15) is 0 Å². The highest BCUT2D eigenvalue weighted by Crippen LogP contribution is 1.99. The van der Waals surface area contributed by atoms with Crippen molar-refractivity contribution in [1.82, 2.24) is 0 Å². The topological polar surface area (TPSA) is 29.5 Å². The minimum Gasteiger partial charge on any atom is -0.494 e. The summed E-state index contributed by atoms with van der Waals surface area (Å²) in [5.74, 6) is 0.603. The number of rotatable bonds is 6. The average Bonchev–Trinajstić information content (AvgIpc) is 2.18. The number of allylic oxidation sites excluding steroid dienone is 3. The van der Waals surface area contributed by atoms with Gasteiger partial charge in [0.25, 0.3) is 0 Å². The van der Waals surface area contributed by atoms with Crippen LogP contribution in [0.4, 0.5) is 0 Å². The zero-order chi connectivity index (χ0) is 11.4. The van der Waals surface area contributed by atoms with E-state index < -0.39 is 0 Å². The van der Waals surface area contributed by atoms with Crippen LogP contribution in [-0.2, 0) is 4.74 Å². The Morgan fingerprint density at radius 1 is 1.29 bits per heavy atom. The van der Waals surface area contributed by atoms with Gasteiger partial charge < -0.3 is 9.84 Å². The minimum absolute atomic E-state index is 0.150. The normalized spacial score (nSPS) is 9.14. The first-order chi connectivity index (χ1) is 6.66. The van der Waals surface area contributed by atoms with Gasteiger partial charge in [0.2, 0.25) is 0 Å². The van der Waals surface area contributed by atoms with E-state index in [1.807, 2.05) is 26.8 Å². The molecule has 0 saturated carbocycles. The first kappa shape index (κ1) is 15.5. The van der Waals surface area contributed by atoms with Gasteiger partial charge in [-0.05, 0) is 13.0 Å². The molecule has 0 aliphatic heterocycles. The van der Waals surface area contributed by atoms with E-state index in [-0.39, 0.29) is 6.61 Å². The van der Waals surface area contributed by atoms with Crippen molar-refractivity contribution < 1.29 is 9.84 Å². The van der Waals surface area contributed by atoms with Gasteiger partial charge >= 0.3 is 0 Å². The lowest BCUT2D eigenvalue weighted by molar-refractivity contribution is 0.185. The van der Waals surface area contributed by atoms with Crippen LogP contribution in [0.25, 0.3) is 0 Å². The maximum absolute atomic E-state index is 8.46. The highest BCUT2D eigenvalue weighted by atomic mass is 16.5. The van der Waals surface area contributed by atoms with E-state index >= 15 is 0 Å². The molecule has 1 N–H and O–H groups in total. The lowest BCUT2D eigenvalue weighted by Gasteiger charge is -2.02. The fourth-order valence-electron chi connectivity index (χ4n) is 0.551. The van der Waals surface area contributed by atoms with E-state index in [0.29, 0.717) is 18.8 Å². The Balaban J connectivity index is 0. The molecule has 0 aliphatic carbocycles. The first-order valence-corrected chi connectivity index (χ1v) is 4.93. The lowest BCUT2D eigenvalue weighted by Crippen LogP contribution is -1.94. The van der Waals surface area contributed by atoms with E-state index in [1.165, 1.54) is 0 Å². The van der Waals surface area contributed by atoms with Gasteiger partial charge in [-0.25, -0.2) is 0 Å². The van der Waals surface area contributed by atoms with Gasteiger partial charge in [0.05, 0.1) is 6.61 Å². The van der Waals surface area contributed by atoms with Crippen molar-refractivity contribution in [2.24, 2.45) is 0 Å². The van der Waals surface area contributed by atoms with Crippen LogP contribution in [0, 0.1) is 0 Å². The van der Waals surface area contributed by atoms with Crippen molar-refractivity contribution in [3.8, 4) is 0 Å². The first-order valence-electron chi connectivity index (χ1n) is 4.93. The minimum atomic E-state index is 0.150. The van der Waals surface area contributed by atoms with Gasteiger partial charge in [-0.15, -0.1) is 0 Å². The van der Waals surface area contributed by atoms with Gasteiger partial charge in [0.15, 0.2) is 0 Å². The van der Waals surface area contributed by atoms with Crippen molar-refractivity contribution in [1.29, 1.82) is 0 Å². The smallest absolute Gasteiger partial charge is 0.112 e. The monoisotopic (exact) mass is 198 g/mol.